The molecule has 108 valence electrons. The summed E-state index contributed by atoms with van der Waals surface area (Å²) in [4.78, 5) is 0. The molecule has 0 aliphatic rings. The van der Waals surface area contributed by atoms with E-state index in [0.29, 0.717) is 12.1 Å². The number of hydrogen-bond donors (Lipinski definition) is 1. The molecule has 1 aromatic carbocycles. The zero-order valence-corrected chi connectivity index (χ0v) is 9.64. The number of halogens is 6. The Morgan fingerprint density at radius 2 is 1.42 bits per heavy atom. The minimum atomic E-state index is -4.91. The van der Waals surface area contributed by atoms with Crippen LogP contribution in [0.1, 0.15) is 18.1 Å². The van der Waals surface area contributed by atoms with Gasteiger partial charge in [-0.1, -0.05) is 0 Å². The number of aliphatic hydroxyl groups is 1. The average Bonchev–Trinajstić information content (AvgIpc) is 2.26. The zero-order valence-electron chi connectivity index (χ0n) is 9.64. The van der Waals surface area contributed by atoms with Crippen molar-refractivity contribution in [1.29, 1.82) is 0 Å². The summed E-state index contributed by atoms with van der Waals surface area (Å²) in [6, 6.07) is 0.930. The third-order valence-corrected chi connectivity index (χ3v) is 2.16. The Morgan fingerprint density at radius 3 is 1.74 bits per heavy atom. The molecule has 19 heavy (non-hydrogen) atoms. The van der Waals surface area contributed by atoms with Crippen LogP contribution in [0.15, 0.2) is 18.2 Å². The van der Waals surface area contributed by atoms with Crippen molar-refractivity contribution in [3.8, 4) is 5.75 Å². The van der Waals surface area contributed by atoms with E-state index in [4.69, 9.17) is 9.84 Å². The Kier molecular flexibility index (Phi) is 4.34. The van der Waals surface area contributed by atoms with Crippen LogP contribution >= 0.6 is 0 Å². The summed E-state index contributed by atoms with van der Waals surface area (Å²) in [7, 11) is 0. The molecule has 0 aromatic heterocycles. The predicted octanol–water partition coefficient (Wildman–Crippen LogP) is 3.48. The number of benzene rings is 1. The van der Waals surface area contributed by atoms with Crippen LogP contribution in [-0.4, -0.2) is 17.8 Å². The topological polar surface area (TPSA) is 29.5 Å². The van der Waals surface area contributed by atoms with Gasteiger partial charge >= 0.3 is 12.4 Å². The Hall–Kier alpha value is -1.44. The fourth-order valence-corrected chi connectivity index (χ4v) is 1.26. The van der Waals surface area contributed by atoms with Gasteiger partial charge in [-0.05, 0) is 25.1 Å². The molecule has 1 rings (SSSR count). The molecule has 0 fully saturated rings. The van der Waals surface area contributed by atoms with Crippen molar-refractivity contribution in [3.63, 3.8) is 0 Å². The highest BCUT2D eigenvalue weighted by Gasteiger charge is 2.37. The van der Waals surface area contributed by atoms with Gasteiger partial charge in [0, 0.05) is 0 Å². The maximum Gasteiger partial charge on any atom is 0.416 e. The van der Waals surface area contributed by atoms with Gasteiger partial charge in [-0.25, -0.2) is 0 Å². The Bertz CT molecular complexity index is 406. The second-order valence-electron chi connectivity index (χ2n) is 3.85. The third kappa shape index (κ3) is 4.30. The van der Waals surface area contributed by atoms with Crippen LogP contribution in [0.25, 0.3) is 0 Å². The van der Waals surface area contributed by atoms with Gasteiger partial charge in [-0.2, -0.15) is 26.3 Å². The van der Waals surface area contributed by atoms with E-state index in [2.05, 4.69) is 0 Å². The molecule has 2 nitrogen and oxygen atoms in total. The average molecular weight is 288 g/mol. The van der Waals surface area contributed by atoms with E-state index < -0.39 is 41.9 Å². The minimum Gasteiger partial charge on any atom is -0.488 e. The standard InChI is InChI=1S/C11H10F6O2/c1-6(5-18)19-9-3-7(10(12,13)14)2-8(4-9)11(15,16)17/h2-4,6,18H,5H2,1H3/t6-/m1/s1. The number of alkyl halides is 6. The van der Waals surface area contributed by atoms with Crippen LogP contribution < -0.4 is 4.74 Å². The van der Waals surface area contributed by atoms with Crippen molar-refractivity contribution in [3.05, 3.63) is 29.3 Å². The van der Waals surface area contributed by atoms with Crippen molar-refractivity contribution < 1.29 is 36.2 Å². The van der Waals surface area contributed by atoms with Gasteiger partial charge in [0.25, 0.3) is 0 Å². The monoisotopic (exact) mass is 288 g/mol. The highest BCUT2D eigenvalue weighted by Crippen LogP contribution is 2.38. The van der Waals surface area contributed by atoms with Crippen molar-refractivity contribution in [2.45, 2.75) is 25.4 Å². The molecular formula is C11H10F6O2. The Balaban J connectivity index is 3.25. The van der Waals surface area contributed by atoms with Crippen LogP contribution in [0.2, 0.25) is 0 Å². The van der Waals surface area contributed by atoms with Crippen molar-refractivity contribution in [2.24, 2.45) is 0 Å². The number of rotatable bonds is 3. The minimum absolute atomic E-state index is 0.0104. The smallest absolute Gasteiger partial charge is 0.416 e. The third-order valence-electron chi connectivity index (χ3n) is 2.16. The maximum atomic E-state index is 12.5. The lowest BCUT2D eigenvalue weighted by Gasteiger charge is -2.17. The normalized spacial score (nSPS) is 14.3. The molecule has 8 heteroatoms. The summed E-state index contributed by atoms with van der Waals surface area (Å²) >= 11 is 0. The molecule has 1 N–H and O–H groups in total. The first kappa shape index (κ1) is 15.6. The van der Waals surface area contributed by atoms with Crippen LogP contribution in [0.5, 0.6) is 5.75 Å². The fourth-order valence-electron chi connectivity index (χ4n) is 1.26. The van der Waals surface area contributed by atoms with Crippen LogP contribution in [0, 0.1) is 0 Å². The molecule has 0 unspecified atom stereocenters. The first-order valence-electron chi connectivity index (χ1n) is 5.11. The summed E-state index contributed by atoms with van der Waals surface area (Å²) in [6.45, 7) is 0.783. The molecule has 0 bridgehead atoms. The SMILES string of the molecule is C[C@H](CO)Oc1cc(C(F)(F)F)cc(C(F)(F)F)c1. The summed E-state index contributed by atoms with van der Waals surface area (Å²) in [5.41, 5.74) is -2.91. The molecule has 0 saturated heterocycles. The van der Waals surface area contributed by atoms with Crippen molar-refractivity contribution in [1.82, 2.24) is 0 Å². The quantitative estimate of drug-likeness (QED) is 0.863. The Labute approximate surface area is 104 Å². The number of ether oxygens (including phenoxy) is 1. The molecule has 0 spiro atoms. The molecule has 0 aliphatic carbocycles. The van der Waals surface area contributed by atoms with Crippen molar-refractivity contribution in [2.75, 3.05) is 6.61 Å². The highest BCUT2D eigenvalue weighted by atomic mass is 19.4. The highest BCUT2D eigenvalue weighted by molar-refractivity contribution is 5.37. The van der Waals surface area contributed by atoms with Crippen LogP contribution in [0.4, 0.5) is 26.3 Å². The molecule has 0 heterocycles. The molecule has 0 saturated carbocycles. The van der Waals surface area contributed by atoms with Gasteiger partial charge in [-0.3, -0.25) is 0 Å². The van der Waals surface area contributed by atoms with Gasteiger partial charge in [-0.15, -0.1) is 0 Å². The van der Waals surface area contributed by atoms with E-state index in [1.165, 1.54) is 6.92 Å². The van der Waals surface area contributed by atoms with E-state index >= 15 is 0 Å². The van der Waals surface area contributed by atoms with Gasteiger partial charge in [0.2, 0.25) is 0 Å². The lowest BCUT2D eigenvalue weighted by Crippen LogP contribution is -2.18. The Morgan fingerprint density at radius 1 is 1.00 bits per heavy atom. The molecular weight excluding hydrogens is 278 g/mol. The summed E-state index contributed by atoms with van der Waals surface area (Å²) in [5.74, 6) is -0.594. The van der Waals surface area contributed by atoms with E-state index in [9.17, 15) is 26.3 Å². The van der Waals surface area contributed by atoms with Crippen molar-refractivity contribution >= 4 is 0 Å². The fraction of sp³-hybridized carbons (Fsp3) is 0.455. The second kappa shape index (κ2) is 5.28. The van der Waals surface area contributed by atoms with Gasteiger partial charge < -0.3 is 9.84 Å². The lowest BCUT2D eigenvalue weighted by molar-refractivity contribution is -0.143. The first-order chi connectivity index (χ1) is 8.54. The second-order valence-corrected chi connectivity index (χ2v) is 3.85. The summed E-state index contributed by atoms with van der Waals surface area (Å²) < 4.78 is 79.7. The van der Waals surface area contributed by atoms with E-state index in [-0.39, 0.29) is 6.07 Å². The lowest BCUT2D eigenvalue weighted by atomic mass is 10.1. The van der Waals surface area contributed by atoms with E-state index in [1.807, 2.05) is 0 Å². The van der Waals surface area contributed by atoms with E-state index in [0.717, 1.165) is 0 Å². The van der Waals surface area contributed by atoms with Crippen LogP contribution in [-0.2, 0) is 12.4 Å². The zero-order chi connectivity index (χ0) is 14.8. The first-order valence-corrected chi connectivity index (χ1v) is 5.11. The molecule has 0 aliphatic heterocycles. The maximum absolute atomic E-state index is 12.5. The molecule has 1 atom stereocenters. The number of hydrogen-bond acceptors (Lipinski definition) is 2. The molecule has 1 aromatic rings. The van der Waals surface area contributed by atoms with Gasteiger partial charge in [0.05, 0.1) is 17.7 Å². The van der Waals surface area contributed by atoms with Crippen LogP contribution in [0.3, 0.4) is 0 Å². The summed E-state index contributed by atoms with van der Waals surface area (Å²) in [6.07, 6.45) is -10.7. The molecule has 0 amide bonds. The summed E-state index contributed by atoms with van der Waals surface area (Å²) in [5, 5.41) is 8.68. The van der Waals surface area contributed by atoms with Gasteiger partial charge in [0.15, 0.2) is 0 Å². The predicted molar refractivity (Wildman–Crippen MR) is 53.6 cm³/mol. The van der Waals surface area contributed by atoms with E-state index in [1.54, 1.807) is 0 Å². The van der Waals surface area contributed by atoms with Gasteiger partial charge in [0.1, 0.15) is 11.9 Å². The largest absolute Gasteiger partial charge is 0.488 e. The number of aliphatic hydroxyl groups excluding tert-OH is 1. The molecule has 0 radical (unpaired) electrons.